The first-order valence-corrected chi connectivity index (χ1v) is 6.26. The van der Waals surface area contributed by atoms with Crippen molar-refractivity contribution in [2.24, 2.45) is 0 Å². The predicted octanol–water partition coefficient (Wildman–Crippen LogP) is 2.13. The van der Waals surface area contributed by atoms with Crippen LogP contribution in [0.15, 0.2) is 0 Å². The first kappa shape index (κ1) is 7.65. The highest BCUT2D eigenvalue weighted by Gasteiger charge is 2.05. The molecule has 0 saturated carbocycles. The van der Waals surface area contributed by atoms with E-state index in [0.29, 0.717) is 0 Å². The van der Waals surface area contributed by atoms with Crippen molar-refractivity contribution in [3.05, 3.63) is 0 Å². The Hall–Kier alpha value is 0.650. The summed E-state index contributed by atoms with van der Waals surface area (Å²) in [5.41, 5.74) is 0.725. The lowest BCUT2D eigenvalue weighted by Crippen LogP contribution is -1.92. The Bertz CT molecular complexity index is 90.3. The lowest BCUT2D eigenvalue weighted by molar-refractivity contribution is 1.09. The molecule has 0 aliphatic rings. The van der Waals surface area contributed by atoms with Gasteiger partial charge in [-0.2, -0.15) is 0 Å². The summed E-state index contributed by atoms with van der Waals surface area (Å²) in [5, 5.41) is 0. The van der Waals surface area contributed by atoms with Gasteiger partial charge < -0.3 is 0 Å². The van der Waals surface area contributed by atoms with Crippen LogP contribution >= 0.6 is 6.04 Å². The molecule has 0 nitrogen and oxygen atoms in total. The summed E-state index contributed by atoms with van der Waals surface area (Å²) in [5.74, 6) is 0. The van der Waals surface area contributed by atoms with Crippen LogP contribution in [0.4, 0.5) is 0 Å². The Balaban J connectivity index is 3.80. The summed E-state index contributed by atoms with van der Waals surface area (Å²) in [4.78, 5) is 0. The molecule has 0 bridgehead atoms. The zero-order valence-electron chi connectivity index (χ0n) is 5.43. The molecule has 0 aromatic rings. The van der Waals surface area contributed by atoms with E-state index < -0.39 is 6.04 Å². The van der Waals surface area contributed by atoms with Crippen molar-refractivity contribution >= 4 is 17.8 Å². The third kappa shape index (κ3) is 3.25. The van der Waals surface area contributed by atoms with Crippen LogP contribution in [0.25, 0.3) is 0 Å². The van der Waals surface area contributed by atoms with Crippen molar-refractivity contribution in [1.29, 1.82) is 0 Å². The lowest BCUT2D eigenvalue weighted by atomic mass is 10.6. The SMILES string of the molecule is CC(C)P(C)(C)=S. The first-order valence-electron chi connectivity index (χ1n) is 2.49. The standard InChI is InChI=1S/C5H13PS/c1-5(2)6(3,4)7/h5H,1-4H3. The van der Waals surface area contributed by atoms with Crippen molar-refractivity contribution in [3.8, 4) is 0 Å². The highest BCUT2D eigenvalue weighted by molar-refractivity contribution is 8.14. The van der Waals surface area contributed by atoms with E-state index in [9.17, 15) is 0 Å². The molecule has 0 amide bonds. The van der Waals surface area contributed by atoms with E-state index in [1.165, 1.54) is 0 Å². The van der Waals surface area contributed by atoms with E-state index in [4.69, 9.17) is 11.8 Å². The average molecular weight is 136 g/mol. The third-order valence-electron chi connectivity index (χ3n) is 1.24. The summed E-state index contributed by atoms with van der Waals surface area (Å²) in [6, 6.07) is -0.904. The number of hydrogen-bond donors (Lipinski definition) is 0. The van der Waals surface area contributed by atoms with Crippen LogP contribution in [0, 0.1) is 0 Å². The smallest absolute Gasteiger partial charge is 0.0180 e. The van der Waals surface area contributed by atoms with Gasteiger partial charge in [0.1, 0.15) is 0 Å². The van der Waals surface area contributed by atoms with Gasteiger partial charge in [-0.05, 0) is 25.0 Å². The van der Waals surface area contributed by atoms with Gasteiger partial charge in [0.05, 0.1) is 0 Å². The molecule has 2 heteroatoms. The second-order valence-corrected chi connectivity index (χ2v) is 9.25. The Morgan fingerprint density at radius 1 is 1.29 bits per heavy atom. The Morgan fingerprint density at radius 2 is 1.43 bits per heavy atom. The molecule has 0 heterocycles. The molecule has 44 valence electrons. The molecule has 0 unspecified atom stereocenters. The van der Waals surface area contributed by atoms with Crippen LogP contribution in [-0.4, -0.2) is 19.0 Å². The van der Waals surface area contributed by atoms with E-state index in [1.54, 1.807) is 0 Å². The quantitative estimate of drug-likeness (QED) is 0.498. The molecule has 0 radical (unpaired) electrons. The van der Waals surface area contributed by atoms with Crippen LogP contribution in [0.3, 0.4) is 0 Å². The minimum atomic E-state index is -0.904. The molecule has 0 aromatic heterocycles. The normalized spacial score (nSPS) is 12.7. The fourth-order valence-electron chi connectivity index (χ4n) is 0. The molecular weight excluding hydrogens is 123 g/mol. The monoisotopic (exact) mass is 136 g/mol. The van der Waals surface area contributed by atoms with Crippen LogP contribution in [0.5, 0.6) is 0 Å². The predicted molar refractivity (Wildman–Crippen MR) is 41.3 cm³/mol. The summed E-state index contributed by atoms with van der Waals surface area (Å²) in [7, 11) is 0. The molecule has 0 aromatic carbocycles. The highest BCUT2D eigenvalue weighted by atomic mass is 32.4. The summed E-state index contributed by atoms with van der Waals surface area (Å²) >= 11 is 5.22. The molecule has 0 saturated heterocycles. The molecule has 0 aliphatic heterocycles. The van der Waals surface area contributed by atoms with Gasteiger partial charge in [-0.25, -0.2) is 0 Å². The van der Waals surface area contributed by atoms with Gasteiger partial charge >= 0.3 is 0 Å². The Kier molecular flexibility index (Phi) is 2.49. The van der Waals surface area contributed by atoms with Gasteiger partial charge in [-0.3, -0.25) is 0 Å². The fourth-order valence-corrected chi connectivity index (χ4v) is 0. The van der Waals surface area contributed by atoms with E-state index in [0.717, 1.165) is 5.66 Å². The Morgan fingerprint density at radius 3 is 1.43 bits per heavy atom. The van der Waals surface area contributed by atoms with Crippen molar-refractivity contribution in [3.63, 3.8) is 0 Å². The van der Waals surface area contributed by atoms with Crippen LogP contribution in [-0.2, 0) is 11.8 Å². The number of rotatable bonds is 1. The van der Waals surface area contributed by atoms with Gasteiger partial charge in [0, 0.05) is 0 Å². The topological polar surface area (TPSA) is 0 Å². The maximum atomic E-state index is 5.22. The zero-order chi connectivity index (χ0) is 6.08. The maximum Gasteiger partial charge on any atom is -0.0180 e. The first-order chi connectivity index (χ1) is 2.94. The van der Waals surface area contributed by atoms with Gasteiger partial charge in [0.15, 0.2) is 0 Å². The summed E-state index contributed by atoms with van der Waals surface area (Å²) in [6.07, 6.45) is 0. The second-order valence-electron chi connectivity index (χ2n) is 2.53. The minimum absolute atomic E-state index is 0.725. The van der Waals surface area contributed by atoms with Crippen LogP contribution in [0.1, 0.15) is 13.8 Å². The van der Waals surface area contributed by atoms with Crippen molar-refractivity contribution in [2.75, 3.05) is 13.3 Å². The summed E-state index contributed by atoms with van der Waals surface area (Å²) in [6.45, 7) is 8.77. The zero-order valence-corrected chi connectivity index (χ0v) is 7.14. The molecule has 0 aliphatic carbocycles. The molecule has 0 N–H and O–H groups in total. The molecule has 0 fully saturated rings. The van der Waals surface area contributed by atoms with Gasteiger partial charge in [0.25, 0.3) is 0 Å². The Labute approximate surface area is 51.3 Å². The number of hydrogen-bond acceptors (Lipinski definition) is 1. The van der Waals surface area contributed by atoms with Crippen LogP contribution in [0.2, 0.25) is 0 Å². The van der Waals surface area contributed by atoms with Crippen molar-refractivity contribution in [2.45, 2.75) is 19.5 Å². The van der Waals surface area contributed by atoms with E-state index in [1.807, 2.05) is 0 Å². The van der Waals surface area contributed by atoms with Gasteiger partial charge in [0.2, 0.25) is 0 Å². The van der Waals surface area contributed by atoms with Gasteiger partial charge in [-0.1, -0.05) is 25.7 Å². The maximum absolute atomic E-state index is 5.22. The third-order valence-corrected chi connectivity index (χ3v) is 5.00. The lowest BCUT2D eigenvalue weighted by Gasteiger charge is -2.13. The largest absolute Gasteiger partial charge is 0.0978 e. The highest BCUT2D eigenvalue weighted by Crippen LogP contribution is 2.41. The second kappa shape index (κ2) is 2.28. The minimum Gasteiger partial charge on any atom is -0.0978 e. The molecular formula is C5H13PS. The fraction of sp³-hybridized carbons (Fsp3) is 1.00. The van der Waals surface area contributed by atoms with Gasteiger partial charge in [-0.15, -0.1) is 0 Å². The van der Waals surface area contributed by atoms with E-state index in [2.05, 4.69) is 27.2 Å². The molecule has 0 rings (SSSR count). The van der Waals surface area contributed by atoms with Crippen molar-refractivity contribution < 1.29 is 0 Å². The van der Waals surface area contributed by atoms with E-state index >= 15 is 0 Å². The van der Waals surface area contributed by atoms with Crippen LogP contribution < -0.4 is 0 Å². The van der Waals surface area contributed by atoms with E-state index in [-0.39, 0.29) is 0 Å². The molecule has 0 spiro atoms. The van der Waals surface area contributed by atoms with Crippen molar-refractivity contribution in [1.82, 2.24) is 0 Å². The average Bonchev–Trinajstić information content (AvgIpc) is 1.31. The summed E-state index contributed by atoms with van der Waals surface area (Å²) < 4.78 is 0. The molecule has 0 atom stereocenters. The molecule has 7 heavy (non-hydrogen) atoms.